The molecule has 5 heteroatoms. The monoisotopic (exact) mass is 190 g/mol. The van der Waals surface area contributed by atoms with Crippen LogP contribution in [0.1, 0.15) is 12.0 Å². The Morgan fingerprint density at radius 1 is 1.64 bits per heavy atom. The van der Waals surface area contributed by atoms with Gasteiger partial charge >= 0.3 is 0 Å². The van der Waals surface area contributed by atoms with Gasteiger partial charge in [-0.3, -0.25) is 10.4 Å². The zero-order valence-electron chi connectivity index (χ0n) is 7.47. The Balaban J connectivity index is 2.13. The highest BCUT2D eigenvalue weighted by Gasteiger charge is 2.24. The summed E-state index contributed by atoms with van der Waals surface area (Å²) in [6.45, 7) is 0. The predicted octanol–water partition coefficient (Wildman–Crippen LogP) is 0.511. The Morgan fingerprint density at radius 2 is 2.50 bits per heavy atom. The van der Waals surface area contributed by atoms with Gasteiger partial charge in [0.15, 0.2) is 6.10 Å². The van der Waals surface area contributed by atoms with Crippen LogP contribution >= 0.6 is 0 Å². The van der Waals surface area contributed by atoms with Crippen LogP contribution in [0.3, 0.4) is 0 Å². The summed E-state index contributed by atoms with van der Waals surface area (Å²) in [7, 11) is 0. The summed E-state index contributed by atoms with van der Waals surface area (Å²) >= 11 is 0. The molecule has 2 heterocycles. The minimum Gasteiger partial charge on any atom is -0.384 e. The van der Waals surface area contributed by atoms with Gasteiger partial charge in [-0.1, -0.05) is 5.16 Å². The van der Waals surface area contributed by atoms with Crippen LogP contribution in [0.25, 0.3) is 0 Å². The Bertz CT molecular complexity index is 374. The molecular formula is C9H10N4O. The van der Waals surface area contributed by atoms with Crippen molar-refractivity contribution >= 4 is 11.5 Å². The Hall–Kier alpha value is -1.91. The van der Waals surface area contributed by atoms with Gasteiger partial charge in [0.25, 0.3) is 0 Å². The second-order valence-electron chi connectivity index (χ2n) is 3.03. The van der Waals surface area contributed by atoms with Gasteiger partial charge in [-0.15, -0.1) is 0 Å². The number of aromatic nitrogens is 1. The molecule has 0 spiro atoms. The van der Waals surface area contributed by atoms with E-state index in [0.29, 0.717) is 6.42 Å². The first kappa shape index (κ1) is 8.68. The van der Waals surface area contributed by atoms with Gasteiger partial charge in [0.2, 0.25) is 0 Å². The highest BCUT2D eigenvalue weighted by Crippen LogP contribution is 2.15. The molecule has 1 atom stereocenters. The van der Waals surface area contributed by atoms with Crippen LogP contribution in [0.2, 0.25) is 0 Å². The third kappa shape index (κ3) is 1.56. The molecule has 0 aliphatic carbocycles. The van der Waals surface area contributed by atoms with Crippen LogP contribution in [0.4, 0.5) is 0 Å². The lowest BCUT2D eigenvalue weighted by molar-refractivity contribution is 0.131. The third-order valence-electron chi connectivity index (χ3n) is 2.01. The van der Waals surface area contributed by atoms with E-state index in [1.807, 2.05) is 12.1 Å². The molecule has 1 aromatic rings. The van der Waals surface area contributed by atoms with Crippen LogP contribution in [0.5, 0.6) is 0 Å². The van der Waals surface area contributed by atoms with E-state index < -0.39 is 6.10 Å². The van der Waals surface area contributed by atoms with Crippen molar-refractivity contribution in [1.29, 1.82) is 5.41 Å². The van der Waals surface area contributed by atoms with E-state index in [2.05, 4.69) is 10.1 Å². The molecule has 14 heavy (non-hydrogen) atoms. The summed E-state index contributed by atoms with van der Waals surface area (Å²) in [6, 6.07) is 3.73. The SMILES string of the molecule is N=C(N)C1CC(c2cccnc2)=NO1. The summed E-state index contributed by atoms with van der Waals surface area (Å²) in [5.41, 5.74) is 7.01. The van der Waals surface area contributed by atoms with E-state index in [-0.39, 0.29) is 5.84 Å². The highest BCUT2D eigenvalue weighted by atomic mass is 16.6. The van der Waals surface area contributed by atoms with E-state index in [1.54, 1.807) is 12.4 Å². The Morgan fingerprint density at radius 3 is 3.07 bits per heavy atom. The molecule has 0 radical (unpaired) electrons. The summed E-state index contributed by atoms with van der Waals surface area (Å²) < 4.78 is 0. The maximum absolute atomic E-state index is 7.21. The normalized spacial score (nSPS) is 20.0. The first-order valence-corrected chi connectivity index (χ1v) is 4.24. The molecule has 1 unspecified atom stereocenters. The summed E-state index contributed by atoms with van der Waals surface area (Å²) in [4.78, 5) is 8.97. The maximum atomic E-state index is 7.21. The molecule has 1 aromatic heterocycles. The lowest BCUT2D eigenvalue weighted by Crippen LogP contribution is -2.27. The second-order valence-corrected chi connectivity index (χ2v) is 3.03. The van der Waals surface area contributed by atoms with Crippen molar-refractivity contribution in [2.45, 2.75) is 12.5 Å². The quantitative estimate of drug-likeness (QED) is 0.526. The number of hydrogen-bond donors (Lipinski definition) is 2. The maximum Gasteiger partial charge on any atom is 0.189 e. The molecule has 0 saturated carbocycles. The minimum absolute atomic E-state index is 0.00707. The van der Waals surface area contributed by atoms with Gasteiger partial charge in [0, 0.05) is 24.4 Å². The lowest BCUT2D eigenvalue weighted by atomic mass is 10.1. The van der Waals surface area contributed by atoms with Gasteiger partial charge in [0.05, 0.1) is 5.71 Å². The largest absolute Gasteiger partial charge is 0.384 e. The van der Waals surface area contributed by atoms with E-state index in [4.69, 9.17) is 16.0 Å². The van der Waals surface area contributed by atoms with Crippen LogP contribution in [0.15, 0.2) is 29.7 Å². The first-order valence-electron chi connectivity index (χ1n) is 4.24. The molecule has 3 N–H and O–H groups in total. The van der Waals surface area contributed by atoms with Gasteiger partial charge in [-0.25, -0.2) is 0 Å². The van der Waals surface area contributed by atoms with Crippen molar-refractivity contribution in [2.24, 2.45) is 10.9 Å². The number of pyridine rings is 1. The van der Waals surface area contributed by atoms with Crippen molar-refractivity contribution in [3.63, 3.8) is 0 Å². The minimum atomic E-state index is -0.412. The molecule has 0 fully saturated rings. The van der Waals surface area contributed by atoms with E-state index in [1.165, 1.54) is 0 Å². The molecule has 0 aromatic carbocycles. The van der Waals surface area contributed by atoms with E-state index >= 15 is 0 Å². The molecular weight excluding hydrogens is 180 g/mol. The average molecular weight is 190 g/mol. The van der Waals surface area contributed by atoms with Crippen LogP contribution in [0, 0.1) is 5.41 Å². The second kappa shape index (κ2) is 3.45. The van der Waals surface area contributed by atoms with Crippen molar-refractivity contribution < 1.29 is 4.84 Å². The smallest absolute Gasteiger partial charge is 0.189 e. The zero-order chi connectivity index (χ0) is 9.97. The standard InChI is InChI=1S/C9H10N4O/c10-9(11)8-4-7(13-14-8)6-2-1-3-12-5-6/h1-3,5,8H,4H2,(H3,10,11). The average Bonchev–Trinajstić information content (AvgIpc) is 2.68. The van der Waals surface area contributed by atoms with Gasteiger partial charge in [-0.05, 0) is 12.1 Å². The number of hydrogen-bond acceptors (Lipinski definition) is 4. The topological polar surface area (TPSA) is 84.4 Å². The van der Waals surface area contributed by atoms with Crippen LogP contribution in [-0.2, 0) is 4.84 Å². The summed E-state index contributed by atoms with van der Waals surface area (Å²) in [6.07, 6.45) is 3.54. The van der Waals surface area contributed by atoms with Gasteiger partial charge in [0.1, 0.15) is 5.84 Å². The Labute approximate surface area is 81.1 Å². The van der Waals surface area contributed by atoms with Crippen LogP contribution in [-0.4, -0.2) is 22.6 Å². The Kier molecular flexibility index (Phi) is 2.14. The first-order chi connectivity index (χ1) is 6.77. The number of nitrogens with one attached hydrogen (secondary N) is 1. The van der Waals surface area contributed by atoms with Crippen molar-refractivity contribution in [3.8, 4) is 0 Å². The molecule has 5 nitrogen and oxygen atoms in total. The number of oxime groups is 1. The third-order valence-corrected chi connectivity index (χ3v) is 2.01. The van der Waals surface area contributed by atoms with Crippen molar-refractivity contribution in [1.82, 2.24) is 4.98 Å². The summed E-state index contributed by atoms with van der Waals surface area (Å²) in [5.74, 6) is 0.00707. The number of rotatable bonds is 2. The van der Waals surface area contributed by atoms with Gasteiger partial charge in [-0.2, -0.15) is 0 Å². The van der Waals surface area contributed by atoms with E-state index in [0.717, 1.165) is 11.3 Å². The fourth-order valence-corrected chi connectivity index (χ4v) is 1.25. The predicted molar refractivity (Wildman–Crippen MR) is 52.2 cm³/mol. The zero-order valence-corrected chi connectivity index (χ0v) is 7.47. The fourth-order valence-electron chi connectivity index (χ4n) is 1.25. The summed E-state index contributed by atoms with van der Waals surface area (Å²) in [5, 5.41) is 11.1. The van der Waals surface area contributed by atoms with E-state index in [9.17, 15) is 0 Å². The van der Waals surface area contributed by atoms with Crippen LogP contribution < -0.4 is 5.73 Å². The van der Waals surface area contributed by atoms with Crippen molar-refractivity contribution in [3.05, 3.63) is 30.1 Å². The molecule has 0 amide bonds. The molecule has 72 valence electrons. The van der Waals surface area contributed by atoms with Gasteiger partial charge < -0.3 is 10.6 Å². The lowest BCUT2D eigenvalue weighted by Gasteiger charge is -2.03. The molecule has 1 aliphatic heterocycles. The molecule has 0 bridgehead atoms. The number of nitrogens with two attached hydrogens (primary N) is 1. The highest BCUT2D eigenvalue weighted by molar-refractivity contribution is 6.03. The number of amidine groups is 1. The van der Waals surface area contributed by atoms with Crippen molar-refractivity contribution in [2.75, 3.05) is 0 Å². The fraction of sp³-hybridized carbons (Fsp3) is 0.222. The molecule has 2 rings (SSSR count). The number of nitrogens with zero attached hydrogens (tertiary/aromatic N) is 2. The molecule has 1 aliphatic rings. The molecule has 0 saturated heterocycles.